The van der Waals surface area contributed by atoms with Crippen LogP contribution in [-0.2, 0) is 0 Å². The maximum Gasteiger partial charge on any atom is 0.124 e. The third-order valence-corrected chi connectivity index (χ3v) is 2.49. The topological polar surface area (TPSA) is 12.0 Å². The summed E-state index contributed by atoms with van der Waals surface area (Å²) in [5.41, 5.74) is 1.00. The Kier molecular flexibility index (Phi) is 3.54. The van der Waals surface area contributed by atoms with Crippen LogP contribution in [0.15, 0.2) is 18.2 Å². The lowest BCUT2D eigenvalue weighted by Gasteiger charge is -2.28. The van der Waals surface area contributed by atoms with Gasteiger partial charge in [0.05, 0.1) is 0 Å². The number of rotatable bonds is 1. The second kappa shape index (κ2) is 4.27. The van der Waals surface area contributed by atoms with E-state index < -0.39 is 0 Å². The van der Waals surface area contributed by atoms with Crippen molar-refractivity contribution in [2.24, 2.45) is 0 Å². The van der Waals surface area contributed by atoms with Gasteiger partial charge in [0.25, 0.3) is 0 Å². The van der Waals surface area contributed by atoms with Gasteiger partial charge >= 0.3 is 0 Å². The highest BCUT2D eigenvalue weighted by Gasteiger charge is 2.20. The third-order valence-electron chi connectivity index (χ3n) is 2.16. The van der Waals surface area contributed by atoms with Gasteiger partial charge in [-0.05, 0) is 30.7 Å². The van der Waals surface area contributed by atoms with E-state index in [9.17, 15) is 4.39 Å². The molecule has 4 heteroatoms. The minimum Gasteiger partial charge on any atom is -0.310 e. The lowest BCUT2D eigenvalue weighted by atomic mass is 9.98. The average Bonchev–Trinajstić information content (AvgIpc) is 1.91. The summed E-state index contributed by atoms with van der Waals surface area (Å²) in [6.07, 6.45) is 1.09. The second-order valence-electron chi connectivity index (χ2n) is 2.96. The first kappa shape index (κ1) is 10.8. The van der Waals surface area contributed by atoms with Crippen molar-refractivity contribution in [3.05, 3.63) is 34.6 Å². The molecule has 1 aliphatic heterocycles. The summed E-state index contributed by atoms with van der Waals surface area (Å²) in [5.74, 6) is -0.275. The molecule has 0 aromatic heterocycles. The van der Waals surface area contributed by atoms with E-state index in [1.807, 2.05) is 0 Å². The summed E-state index contributed by atoms with van der Waals surface area (Å²) in [7, 11) is 0. The number of nitrogens with one attached hydrogen (secondary N) is 1. The van der Waals surface area contributed by atoms with E-state index in [1.54, 1.807) is 6.07 Å². The third kappa shape index (κ3) is 2.13. The predicted octanol–water partition coefficient (Wildman–Crippen LogP) is 2.94. The molecule has 0 unspecified atom stereocenters. The zero-order valence-electron chi connectivity index (χ0n) is 6.89. The van der Waals surface area contributed by atoms with Gasteiger partial charge in [-0.1, -0.05) is 17.7 Å². The molecule has 1 aromatic rings. The quantitative estimate of drug-likeness (QED) is 0.770. The Hall–Kier alpha value is -0.310. The minimum absolute atomic E-state index is 0. The van der Waals surface area contributed by atoms with Gasteiger partial charge in [-0.3, -0.25) is 0 Å². The Bertz CT molecular complexity index is 300. The van der Waals surface area contributed by atoms with E-state index in [0.717, 1.165) is 18.5 Å². The SMILES string of the molecule is Cl.Fc1ccc([C@@H]2CCN2)c(Cl)c1. The molecular weight excluding hydrogens is 212 g/mol. The lowest BCUT2D eigenvalue weighted by Crippen LogP contribution is -2.35. The molecule has 2 rings (SSSR count). The highest BCUT2D eigenvalue weighted by atomic mass is 35.5. The minimum atomic E-state index is -0.275. The molecule has 0 spiro atoms. The molecule has 1 N–H and O–H groups in total. The van der Waals surface area contributed by atoms with Crippen LogP contribution < -0.4 is 5.32 Å². The molecule has 0 radical (unpaired) electrons. The van der Waals surface area contributed by atoms with Gasteiger partial charge in [0.15, 0.2) is 0 Å². The molecule has 1 atom stereocenters. The standard InChI is InChI=1S/C9H9ClFN.ClH/c10-8-5-6(11)1-2-7(8)9-3-4-12-9;/h1-2,5,9,12H,3-4H2;1H/t9-;/m0./s1. The summed E-state index contributed by atoms with van der Waals surface area (Å²) in [4.78, 5) is 0. The fraction of sp³-hybridized carbons (Fsp3) is 0.333. The first-order chi connectivity index (χ1) is 5.77. The molecule has 1 aliphatic rings. The Morgan fingerprint density at radius 3 is 2.62 bits per heavy atom. The van der Waals surface area contributed by atoms with Crippen molar-refractivity contribution in [2.45, 2.75) is 12.5 Å². The van der Waals surface area contributed by atoms with E-state index in [-0.39, 0.29) is 18.2 Å². The van der Waals surface area contributed by atoms with Crippen LogP contribution in [0.4, 0.5) is 4.39 Å². The van der Waals surface area contributed by atoms with Gasteiger partial charge in [0.2, 0.25) is 0 Å². The Balaban J connectivity index is 0.000000845. The maximum atomic E-state index is 12.6. The van der Waals surface area contributed by atoms with Crippen molar-refractivity contribution in [3.8, 4) is 0 Å². The highest BCUT2D eigenvalue weighted by Crippen LogP contribution is 2.29. The van der Waals surface area contributed by atoms with Gasteiger partial charge in [-0.25, -0.2) is 4.39 Å². The van der Waals surface area contributed by atoms with Crippen LogP contribution in [0.25, 0.3) is 0 Å². The molecule has 0 bridgehead atoms. The van der Waals surface area contributed by atoms with E-state index in [1.165, 1.54) is 12.1 Å². The van der Waals surface area contributed by atoms with Gasteiger partial charge in [-0.2, -0.15) is 0 Å². The van der Waals surface area contributed by atoms with Crippen LogP contribution in [0.1, 0.15) is 18.0 Å². The molecule has 0 amide bonds. The van der Waals surface area contributed by atoms with Crippen LogP contribution in [0, 0.1) is 5.82 Å². The Morgan fingerprint density at radius 2 is 2.15 bits per heavy atom. The largest absolute Gasteiger partial charge is 0.310 e. The van der Waals surface area contributed by atoms with Crippen molar-refractivity contribution in [2.75, 3.05) is 6.54 Å². The highest BCUT2D eigenvalue weighted by molar-refractivity contribution is 6.31. The molecule has 72 valence electrons. The van der Waals surface area contributed by atoms with Crippen LogP contribution in [-0.4, -0.2) is 6.54 Å². The number of halogens is 3. The van der Waals surface area contributed by atoms with E-state index >= 15 is 0 Å². The fourth-order valence-corrected chi connectivity index (χ4v) is 1.64. The molecule has 1 heterocycles. The second-order valence-corrected chi connectivity index (χ2v) is 3.37. The monoisotopic (exact) mass is 221 g/mol. The first-order valence-electron chi connectivity index (χ1n) is 3.96. The van der Waals surface area contributed by atoms with Crippen LogP contribution in [0.2, 0.25) is 5.02 Å². The molecular formula is C9H10Cl2FN. The average molecular weight is 222 g/mol. The van der Waals surface area contributed by atoms with Crippen molar-refractivity contribution in [1.29, 1.82) is 0 Å². The predicted molar refractivity (Wildman–Crippen MR) is 54.0 cm³/mol. The summed E-state index contributed by atoms with van der Waals surface area (Å²) >= 11 is 5.86. The van der Waals surface area contributed by atoms with Crippen molar-refractivity contribution < 1.29 is 4.39 Å². The number of hydrogen-bond acceptors (Lipinski definition) is 1. The number of hydrogen-bond donors (Lipinski definition) is 1. The molecule has 13 heavy (non-hydrogen) atoms. The molecule has 0 aliphatic carbocycles. The maximum absolute atomic E-state index is 12.6. The molecule has 1 saturated heterocycles. The van der Waals surface area contributed by atoms with E-state index in [2.05, 4.69) is 5.32 Å². The molecule has 1 aromatic carbocycles. The van der Waals surface area contributed by atoms with Crippen LogP contribution in [0.3, 0.4) is 0 Å². The smallest absolute Gasteiger partial charge is 0.124 e. The van der Waals surface area contributed by atoms with Crippen molar-refractivity contribution >= 4 is 24.0 Å². The molecule has 0 saturated carbocycles. The van der Waals surface area contributed by atoms with Crippen molar-refractivity contribution in [1.82, 2.24) is 5.32 Å². The first-order valence-corrected chi connectivity index (χ1v) is 4.33. The summed E-state index contributed by atoms with van der Waals surface area (Å²) < 4.78 is 12.6. The van der Waals surface area contributed by atoms with Crippen LogP contribution in [0.5, 0.6) is 0 Å². The van der Waals surface area contributed by atoms with Gasteiger partial charge in [0.1, 0.15) is 5.82 Å². The zero-order valence-corrected chi connectivity index (χ0v) is 8.46. The summed E-state index contributed by atoms with van der Waals surface area (Å²) in [6, 6.07) is 4.88. The van der Waals surface area contributed by atoms with Crippen LogP contribution >= 0.6 is 24.0 Å². The van der Waals surface area contributed by atoms with E-state index in [4.69, 9.17) is 11.6 Å². The number of benzene rings is 1. The van der Waals surface area contributed by atoms with Gasteiger partial charge < -0.3 is 5.32 Å². The molecule has 1 fully saturated rings. The Morgan fingerprint density at radius 1 is 1.46 bits per heavy atom. The Labute approximate surface area is 87.7 Å². The lowest BCUT2D eigenvalue weighted by molar-refractivity contribution is 0.383. The van der Waals surface area contributed by atoms with E-state index in [0.29, 0.717) is 11.1 Å². The van der Waals surface area contributed by atoms with Crippen molar-refractivity contribution in [3.63, 3.8) is 0 Å². The molecule has 1 nitrogen and oxygen atoms in total. The zero-order chi connectivity index (χ0) is 8.55. The fourth-order valence-electron chi connectivity index (χ4n) is 1.34. The summed E-state index contributed by atoms with van der Waals surface area (Å²) in [6.45, 7) is 1.03. The normalized spacial score (nSPS) is 20.3. The van der Waals surface area contributed by atoms with Gasteiger partial charge in [-0.15, -0.1) is 12.4 Å². The summed E-state index contributed by atoms with van der Waals surface area (Å²) in [5, 5.41) is 3.74. The van der Waals surface area contributed by atoms with Gasteiger partial charge in [0, 0.05) is 11.1 Å².